The second-order valence-corrected chi connectivity index (χ2v) is 6.65. The van der Waals surface area contributed by atoms with Crippen molar-refractivity contribution in [3.05, 3.63) is 0 Å². The van der Waals surface area contributed by atoms with E-state index in [0.29, 0.717) is 18.2 Å². The first-order chi connectivity index (χ1) is 9.19. The zero-order valence-corrected chi connectivity index (χ0v) is 13.0. The molecule has 0 radical (unpaired) electrons. The topological polar surface area (TPSA) is 24.5 Å². The van der Waals surface area contributed by atoms with Gasteiger partial charge in [0.1, 0.15) is 0 Å². The van der Waals surface area contributed by atoms with E-state index in [1.807, 2.05) is 0 Å². The van der Waals surface area contributed by atoms with Gasteiger partial charge in [-0.05, 0) is 58.4 Å². The molecule has 1 heterocycles. The SMILES string of the molecule is CCCNCC1CCC(CN(CC2CC2)C(C)C)O1. The number of ether oxygens (including phenoxy) is 1. The number of hydrogen-bond donors (Lipinski definition) is 1. The van der Waals surface area contributed by atoms with Gasteiger partial charge in [-0.3, -0.25) is 4.90 Å². The van der Waals surface area contributed by atoms with Crippen LogP contribution in [0, 0.1) is 5.92 Å². The lowest BCUT2D eigenvalue weighted by Crippen LogP contribution is -2.39. The van der Waals surface area contributed by atoms with Crippen LogP contribution in [0.3, 0.4) is 0 Å². The highest BCUT2D eigenvalue weighted by Gasteiger charge is 2.30. The largest absolute Gasteiger partial charge is 0.372 e. The fraction of sp³-hybridized carbons (Fsp3) is 1.00. The molecule has 3 heteroatoms. The van der Waals surface area contributed by atoms with Crippen LogP contribution < -0.4 is 5.32 Å². The predicted octanol–water partition coefficient (Wildman–Crippen LogP) is 2.65. The lowest BCUT2D eigenvalue weighted by atomic mass is 10.1. The molecule has 2 rings (SSSR count). The first-order valence-electron chi connectivity index (χ1n) is 8.29. The molecular formula is C16H32N2O. The van der Waals surface area contributed by atoms with Crippen LogP contribution >= 0.6 is 0 Å². The molecular weight excluding hydrogens is 236 g/mol. The third-order valence-corrected chi connectivity index (χ3v) is 4.35. The summed E-state index contributed by atoms with van der Waals surface area (Å²) in [5.41, 5.74) is 0. The maximum absolute atomic E-state index is 6.19. The fourth-order valence-corrected chi connectivity index (χ4v) is 2.89. The maximum atomic E-state index is 6.19. The molecule has 19 heavy (non-hydrogen) atoms. The average Bonchev–Trinajstić information content (AvgIpc) is 3.08. The van der Waals surface area contributed by atoms with E-state index < -0.39 is 0 Å². The van der Waals surface area contributed by atoms with Crippen molar-refractivity contribution in [2.75, 3.05) is 26.2 Å². The van der Waals surface area contributed by atoms with Crippen LogP contribution in [0.5, 0.6) is 0 Å². The molecule has 0 aromatic rings. The van der Waals surface area contributed by atoms with Crippen molar-refractivity contribution >= 4 is 0 Å². The summed E-state index contributed by atoms with van der Waals surface area (Å²) in [6.45, 7) is 11.4. The van der Waals surface area contributed by atoms with Crippen molar-refractivity contribution in [2.24, 2.45) is 5.92 Å². The van der Waals surface area contributed by atoms with E-state index in [2.05, 4.69) is 31.0 Å². The van der Waals surface area contributed by atoms with Crippen molar-refractivity contribution in [3.8, 4) is 0 Å². The van der Waals surface area contributed by atoms with Gasteiger partial charge in [0.15, 0.2) is 0 Å². The predicted molar refractivity (Wildman–Crippen MR) is 80.5 cm³/mol. The van der Waals surface area contributed by atoms with Crippen LogP contribution in [0.15, 0.2) is 0 Å². The summed E-state index contributed by atoms with van der Waals surface area (Å²) in [5, 5.41) is 3.48. The lowest BCUT2D eigenvalue weighted by Gasteiger charge is -2.29. The van der Waals surface area contributed by atoms with Crippen LogP contribution in [0.2, 0.25) is 0 Å². The van der Waals surface area contributed by atoms with Gasteiger partial charge in [-0.15, -0.1) is 0 Å². The Labute approximate surface area is 119 Å². The molecule has 0 spiro atoms. The Hall–Kier alpha value is -0.120. The Morgan fingerprint density at radius 3 is 2.47 bits per heavy atom. The summed E-state index contributed by atoms with van der Waals surface area (Å²) < 4.78 is 6.19. The van der Waals surface area contributed by atoms with Crippen LogP contribution in [-0.2, 0) is 4.74 Å². The number of hydrogen-bond acceptors (Lipinski definition) is 3. The van der Waals surface area contributed by atoms with E-state index in [0.717, 1.165) is 25.6 Å². The molecule has 0 amide bonds. The van der Waals surface area contributed by atoms with Crippen LogP contribution in [0.25, 0.3) is 0 Å². The van der Waals surface area contributed by atoms with Crippen LogP contribution in [-0.4, -0.2) is 49.3 Å². The number of nitrogens with zero attached hydrogens (tertiary/aromatic N) is 1. The fourth-order valence-electron chi connectivity index (χ4n) is 2.89. The summed E-state index contributed by atoms with van der Waals surface area (Å²) in [7, 11) is 0. The second kappa shape index (κ2) is 7.61. The molecule has 1 saturated heterocycles. The van der Waals surface area contributed by atoms with Crippen molar-refractivity contribution < 1.29 is 4.74 Å². The molecule has 2 atom stereocenters. The summed E-state index contributed by atoms with van der Waals surface area (Å²) in [6.07, 6.45) is 7.49. The van der Waals surface area contributed by atoms with E-state index in [1.165, 1.54) is 38.6 Å². The van der Waals surface area contributed by atoms with E-state index >= 15 is 0 Å². The third-order valence-electron chi connectivity index (χ3n) is 4.35. The monoisotopic (exact) mass is 268 g/mol. The third kappa shape index (κ3) is 5.41. The van der Waals surface area contributed by atoms with Gasteiger partial charge in [0, 0.05) is 25.7 Å². The van der Waals surface area contributed by atoms with Crippen molar-refractivity contribution in [1.29, 1.82) is 0 Å². The Balaban J connectivity index is 1.67. The summed E-state index contributed by atoms with van der Waals surface area (Å²) in [4.78, 5) is 2.63. The quantitative estimate of drug-likeness (QED) is 0.651. The smallest absolute Gasteiger partial charge is 0.0707 e. The number of rotatable bonds is 9. The molecule has 1 aliphatic carbocycles. The minimum absolute atomic E-state index is 0.450. The molecule has 2 fully saturated rings. The molecule has 2 unspecified atom stereocenters. The molecule has 1 N–H and O–H groups in total. The zero-order chi connectivity index (χ0) is 13.7. The van der Waals surface area contributed by atoms with Gasteiger partial charge in [0.2, 0.25) is 0 Å². The Bertz CT molecular complexity index is 253. The van der Waals surface area contributed by atoms with Crippen LogP contribution in [0.1, 0.15) is 52.9 Å². The molecule has 2 aliphatic rings. The Morgan fingerprint density at radius 2 is 1.84 bits per heavy atom. The van der Waals surface area contributed by atoms with Gasteiger partial charge in [-0.25, -0.2) is 0 Å². The first-order valence-corrected chi connectivity index (χ1v) is 8.29. The maximum Gasteiger partial charge on any atom is 0.0707 e. The number of nitrogens with one attached hydrogen (secondary N) is 1. The second-order valence-electron chi connectivity index (χ2n) is 6.65. The summed E-state index contributed by atoms with van der Waals surface area (Å²) in [5.74, 6) is 0.978. The van der Waals surface area contributed by atoms with Gasteiger partial charge in [-0.2, -0.15) is 0 Å². The molecule has 0 bridgehead atoms. The normalized spacial score (nSPS) is 27.6. The van der Waals surface area contributed by atoms with E-state index in [-0.39, 0.29) is 0 Å². The molecule has 3 nitrogen and oxygen atoms in total. The van der Waals surface area contributed by atoms with Gasteiger partial charge >= 0.3 is 0 Å². The highest BCUT2D eigenvalue weighted by atomic mass is 16.5. The minimum Gasteiger partial charge on any atom is -0.372 e. The lowest BCUT2D eigenvalue weighted by molar-refractivity contribution is 0.0163. The van der Waals surface area contributed by atoms with E-state index in [9.17, 15) is 0 Å². The highest BCUT2D eigenvalue weighted by molar-refractivity contribution is 4.83. The Morgan fingerprint density at radius 1 is 1.11 bits per heavy atom. The molecule has 0 aromatic heterocycles. The standard InChI is InChI=1S/C16H32N2O/c1-4-9-17-10-15-7-8-16(19-15)12-18(13(2)3)11-14-5-6-14/h13-17H,4-12H2,1-3H3. The van der Waals surface area contributed by atoms with Crippen LogP contribution in [0.4, 0.5) is 0 Å². The molecule has 112 valence electrons. The van der Waals surface area contributed by atoms with Gasteiger partial charge in [0.05, 0.1) is 12.2 Å². The van der Waals surface area contributed by atoms with E-state index in [4.69, 9.17) is 4.74 Å². The van der Waals surface area contributed by atoms with Gasteiger partial charge < -0.3 is 10.1 Å². The van der Waals surface area contributed by atoms with Gasteiger partial charge in [-0.1, -0.05) is 6.92 Å². The average molecular weight is 268 g/mol. The highest BCUT2D eigenvalue weighted by Crippen LogP contribution is 2.31. The van der Waals surface area contributed by atoms with Crippen molar-refractivity contribution in [1.82, 2.24) is 10.2 Å². The molecule has 0 aromatic carbocycles. The Kier molecular flexibility index (Phi) is 6.11. The summed E-state index contributed by atoms with van der Waals surface area (Å²) >= 11 is 0. The van der Waals surface area contributed by atoms with Crippen molar-refractivity contribution in [2.45, 2.75) is 71.1 Å². The van der Waals surface area contributed by atoms with Gasteiger partial charge in [0.25, 0.3) is 0 Å². The van der Waals surface area contributed by atoms with Crippen molar-refractivity contribution in [3.63, 3.8) is 0 Å². The molecule has 1 saturated carbocycles. The van der Waals surface area contributed by atoms with E-state index in [1.54, 1.807) is 0 Å². The molecule has 1 aliphatic heterocycles. The first kappa shape index (κ1) is 15.3. The summed E-state index contributed by atoms with van der Waals surface area (Å²) in [6, 6.07) is 0.654. The minimum atomic E-state index is 0.450. The zero-order valence-electron chi connectivity index (χ0n) is 13.0.